The molecule has 0 radical (unpaired) electrons. The van der Waals surface area contributed by atoms with E-state index in [1.165, 1.54) is 28.2 Å². The number of aromatic amines is 1. The van der Waals surface area contributed by atoms with E-state index in [2.05, 4.69) is 20.4 Å². The maximum Gasteiger partial charge on any atom is 0.407 e. The highest BCUT2D eigenvalue weighted by atomic mass is 32.2. The summed E-state index contributed by atoms with van der Waals surface area (Å²) in [7, 11) is -0.792. The van der Waals surface area contributed by atoms with Gasteiger partial charge in [0, 0.05) is 37.8 Å². The average Bonchev–Trinajstić information content (AvgIpc) is 3.65. The Kier molecular flexibility index (Phi) is 7.89. The highest BCUT2D eigenvalue weighted by Crippen LogP contribution is 2.33. The van der Waals surface area contributed by atoms with Crippen molar-refractivity contribution >= 4 is 27.1 Å². The fourth-order valence-corrected chi connectivity index (χ4v) is 6.77. The van der Waals surface area contributed by atoms with Crippen LogP contribution in [0, 0.1) is 0 Å². The van der Waals surface area contributed by atoms with Crippen molar-refractivity contribution in [2.45, 2.75) is 24.0 Å². The molecule has 1 atom stereocenters. The van der Waals surface area contributed by atoms with Crippen molar-refractivity contribution in [2.75, 3.05) is 20.2 Å². The van der Waals surface area contributed by atoms with E-state index in [-0.39, 0.29) is 41.7 Å². The number of rotatable bonds is 8. The van der Waals surface area contributed by atoms with Crippen LogP contribution in [0.1, 0.15) is 12.0 Å². The number of hydrogen-bond donors (Lipinski definition) is 2. The number of fused-ring (bicyclic) bond motifs is 1. The van der Waals surface area contributed by atoms with Crippen LogP contribution >= 0.6 is 0 Å². The summed E-state index contributed by atoms with van der Waals surface area (Å²) in [5, 5.41) is 7.62. The van der Waals surface area contributed by atoms with E-state index in [1.54, 1.807) is 13.1 Å². The van der Waals surface area contributed by atoms with Gasteiger partial charge >= 0.3 is 6.09 Å². The molecular weight excluding hydrogens is 584 g/mol. The van der Waals surface area contributed by atoms with Gasteiger partial charge in [0.25, 0.3) is 5.56 Å². The predicted molar refractivity (Wildman–Crippen MR) is 163 cm³/mol. The first kappa shape index (κ1) is 29.1. The van der Waals surface area contributed by atoms with Crippen molar-refractivity contribution in [2.24, 2.45) is 7.05 Å². The number of amides is 1. The number of aryl methyl sites for hydroxylation is 1. The smallest absolute Gasteiger partial charge is 0.407 e. The van der Waals surface area contributed by atoms with Crippen LogP contribution in [0.5, 0.6) is 5.75 Å². The zero-order valence-corrected chi connectivity index (χ0v) is 24.9. The average molecular weight is 615 g/mol. The van der Waals surface area contributed by atoms with Crippen LogP contribution in [0.3, 0.4) is 0 Å². The van der Waals surface area contributed by atoms with Gasteiger partial charge in [0.15, 0.2) is 5.65 Å². The molecule has 5 aromatic rings. The molecule has 1 amide bonds. The Bertz CT molecular complexity index is 1990. The first-order valence-electron chi connectivity index (χ1n) is 13.9. The molecule has 3 aromatic carbocycles. The third-order valence-corrected chi connectivity index (χ3v) is 9.35. The van der Waals surface area contributed by atoms with E-state index >= 15 is 0 Å². The van der Waals surface area contributed by atoms with Crippen molar-refractivity contribution in [1.82, 2.24) is 29.4 Å². The molecule has 1 aliphatic heterocycles. The van der Waals surface area contributed by atoms with Crippen LogP contribution in [-0.2, 0) is 28.4 Å². The summed E-state index contributed by atoms with van der Waals surface area (Å²) in [4.78, 5) is 33.0. The summed E-state index contributed by atoms with van der Waals surface area (Å²) in [5.74, 6) is 0.433. The molecular formula is C31H30N6O6S. The number of benzene rings is 3. The number of methoxy groups -OCH3 is 1. The Morgan fingerprint density at radius 2 is 1.80 bits per heavy atom. The van der Waals surface area contributed by atoms with E-state index < -0.39 is 22.2 Å². The second-order valence-electron chi connectivity index (χ2n) is 10.4. The van der Waals surface area contributed by atoms with E-state index in [0.717, 1.165) is 11.1 Å². The van der Waals surface area contributed by atoms with Gasteiger partial charge in [0.2, 0.25) is 10.0 Å². The molecule has 1 fully saturated rings. The second kappa shape index (κ2) is 11.9. The van der Waals surface area contributed by atoms with Crippen LogP contribution in [-0.4, -0.2) is 64.8 Å². The fourth-order valence-electron chi connectivity index (χ4n) is 5.25. The highest BCUT2D eigenvalue weighted by molar-refractivity contribution is 7.89. The Hall–Kier alpha value is -5.01. The Morgan fingerprint density at radius 3 is 2.52 bits per heavy atom. The molecule has 0 aliphatic carbocycles. The van der Waals surface area contributed by atoms with Crippen molar-refractivity contribution in [3.05, 3.63) is 94.8 Å². The number of carbonyl (C=O) groups is 1. The lowest BCUT2D eigenvalue weighted by atomic mass is 10.1. The van der Waals surface area contributed by atoms with Crippen LogP contribution in [0.2, 0.25) is 0 Å². The van der Waals surface area contributed by atoms with Gasteiger partial charge in [0.05, 0.1) is 17.6 Å². The largest absolute Gasteiger partial charge is 0.496 e. The molecule has 0 bridgehead atoms. The second-order valence-corrected chi connectivity index (χ2v) is 12.3. The molecule has 12 nitrogen and oxygen atoms in total. The molecule has 3 heterocycles. The minimum absolute atomic E-state index is 0.0146. The number of aromatic nitrogens is 4. The number of H-pyrrole nitrogens is 1. The Balaban J connectivity index is 1.20. The van der Waals surface area contributed by atoms with Crippen LogP contribution in [0.25, 0.3) is 33.7 Å². The summed E-state index contributed by atoms with van der Waals surface area (Å²) in [6.45, 7) is 0.448. The first-order chi connectivity index (χ1) is 21.2. The van der Waals surface area contributed by atoms with Gasteiger partial charge in [-0.1, -0.05) is 60.7 Å². The van der Waals surface area contributed by atoms with E-state index in [4.69, 9.17) is 9.47 Å². The third-order valence-electron chi connectivity index (χ3n) is 7.49. The molecule has 2 N–H and O–H groups in total. The molecule has 6 rings (SSSR count). The summed E-state index contributed by atoms with van der Waals surface area (Å²) >= 11 is 0. The molecule has 1 unspecified atom stereocenters. The van der Waals surface area contributed by atoms with Gasteiger partial charge in [-0.3, -0.25) is 4.79 Å². The van der Waals surface area contributed by atoms with Crippen molar-refractivity contribution < 1.29 is 22.7 Å². The maximum atomic E-state index is 13.5. The molecule has 44 heavy (non-hydrogen) atoms. The van der Waals surface area contributed by atoms with Crippen molar-refractivity contribution in [1.29, 1.82) is 0 Å². The van der Waals surface area contributed by atoms with Crippen LogP contribution < -0.4 is 15.6 Å². The highest BCUT2D eigenvalue weighted by Gasteiger charge is 2.34. The van der Waals surface area contributed by atoms with Gasteiger partial charge in [-0.25, -0.2) is 22.9 Å². The van der Waals surface area contributed by atoms with Crippen molar-refractivity contribution in [3.8, 4) is 28.4 Å². The monoisotopic (exact) mass is 614 g/mol. The number of nitrogens with zero attached hydrogens (tertiary/aromatic N) is 4. The summed E-state index contributed by atoms with van der Waals surface area (Å²) in [6.07, 6.45) is -0.165. The van der Waals surface area contributed by atoms with E-state index in [0.29, 0.717) is 28.7 Å². The molecule has 13 heteroatoms. The normalized spacial score (nSPS) is 15.4. The van der Waals surface area contributed by atoms with Gasteiger partial charge in [-0.05, 0) is 24.1 Å². The first-order valence-corrected chi connectivity index (χ1v) is 15.4. The lowest BCUT2D eigenvalue weighted by molar-refractivity contribution is 0.136. The lowest BCUT2D eigenvalue weighted by Gasteiger charge is -2.18. The third kappa shape index (κ3) is 5.66. The molecule has 2 aromatic heterocycles. The molecule has 226 valence electrons. The minimum atomic E-state index is -3.92. The lowest BCUT2D eigenvalue weighted by Crippen LogP contribution is -2.38. The van der Waals surface area contributed by atoms with Gasteiger partial charge in [0.1, 0.15) is 29.3 Å². The standard InChI is InChI=1S/C31H30N6O6S/c1-36-29-26(27(35-36)21-11-7-4-8-12-21)30(38)34-28(33-29)24-14-13-23(17-25(24)42-2)44(40,41)37-16-15-22(18-37)32-31(39)43-19-20-9-5-3-6-10-20/h3-14,17,22H,15-16,18-19H2,1-2H3,(H,32,39)(H,33,34,38). The number of hydrogen-bond acceptors (Lipinski definition) is 8. The SMILES string of the molecule is COc1cc(S(=O)(=O)N2CCC(NC(=O)OCc3ccccc3)C2)ccc1-c1nc2c(c(-c3ccccc3)nn2C)c(=O)[nH]1. The van der Waals surface area contributed by atoms with Crippen molar-refractivity contribution in [3.63, 3.8) is 0 Å². The van der Waals surface area contributed by atoms with Gasteiger partial charge < -0.3 is 19.8 Å². The predicted octanol–water partition coefficient (Wildman–Crippen LogP) is 3.69. The number of sulfonamides is 1. The van der Waals surface area contributed by atoms with Gasteiger partial charge in [-0.15, -0.1) is 0 Å². The number of carbonyl (C=O) groups excluding carboxylic acids is 1. The van der Waals surface area contributed by atoms with Crippen LogP contribution in [0.4, 0.5) is 4.79 Å². The summed E-state index contributed by atoms with van der Waals surface area (Å²) < 4.78 is 40.8. The molecule has 0 spiro atoms. The summed E-state index contributed by atoms with van der Waals surface area (Å²) in [5.41, 5.74) is 2.56. The zero-order valence-electron chi connectivity index (χ0n) is 24.1. The van der Waals surface area contributed by atoms with E-state index in [9.17, 15) is 18.0 Å². The number of alkyl carbamates (subject to hydrolysis) is 1. The molecule has 0 saturated carbocycles. The number of nitrogens with one attached hydrogen (secondary N) is 2. The quantitative estimate of drug-likeness (QED) is 0.269. The van der Waals surface area contributed by atoms with E-state index in [1.807, 2.05) is 60.7 Å². The summed E-state index contributed by atoms with van der Waals surface area (Å²) in [6, 6.07) is 22.7. The Morgan fingerprint density at radius 1 is 1.07 bits per heavy atom. The van der Waals surface area contributed by atoms with Crippen LogP contribution in [0.15, 0.2) is 88.6 Å². The topological polar surface area (TPSA) is 149 Å². The van der Waals surface area contributed by atoms with Gasteiger partial charge in [-0.2, -0.15) is 9.40 Å². The number of ether oxygens (including phenoxy) is 2. The zero-order chi connectivity index (χ0) is 30.8. The minimum Gasteiger partial charge on any atom is -0.496 e. The fraction of sp³-hybridized carbons (Fsp3) is 0.226. The Labute approximate surface area is 253 Å². The molecule has 1 aliphatic rings. The maximum absolute atomic E-state index is 13.5. The molecule has 1 saturated heterocycles.